The average molecular weight is 226 g/mol. The molecule has 0 aromatic rings. The van der Waals surface area contributed by atoms with Crippen molar-refractivity contribution in [2.75, 3.05) is 14.1 Å². The number of rotatable bonds is 3. The summed E-state index contributed by atoms with van der Waals surface area (Å²) in [5.41, 5.74) is 0.319. The number of hydrogen-bond donors (Lipinski definition) is 1. The van der Waals surface area contributed by atoms with E-state index in [-0.39, 0.29) is 11.9 Å². The van der Waals surface area contributed by atoms with Crippen LogP contribution in [0.15, 0.2) is 0 Å². The number of nitrogens with zero attached hydrogens (tertiary/aromatic N) is 1. The van der Waals surface area contributed by atoms with Crippen LogP contribution in [0.5, 0.6) is 0 Å². The molecule has 3 heteroatoms. The lowest BCUT2D eigenvalue weighted by Gasteiger charge is -2.40. The molecule has 0 bridgehead atoms. The molecule has 3 nitrogen and oxygen atoms in total. The Morgan fingerprint density at radius 3 is 2.50 bits per heavy atom. The quantitative estimate of drug-likeness (QED) is 0.798. The number of carbonyl (C=O) groups excluding carboxylic acids is 1. The lowest BCUT2D eigenvalue weighted by Crippen LogP contribution is -2.52. The smallest absolute Gasteiger partial charge is 0.238 e. The molecule has 1 fully saturated rings. The third kappa shape index (κ3) is 3.21. The molecule has 2 atom stereocenters. The van der Waals surface area contributed by atoms with Gasteiger partial charge in [0.25, 0.3) is 0 Å². The van der Waals surface area contributed by atoms with E-state index in [1.807, 2.05) is 21.0 Å². The maximum absolute atomic E-state index is 11.8. The molecular weight excluding hydrogens is 200 g/mol. The second-order valence-electron chi connectivity index (χ2n) is 5.91. The van der Waals surface area contributed by atoms with Gasteiger partial charge in [-0.25, -0.2) is 0 Å². The Balaban J connectivity index is 2.55. The molecule has 1 amide bonds. The van der Waals surface area contributed by atoms with Gasteiger partial charge in [0.15, 0.2) is 0 Å². The molecule has 0 aromatic carbocycles. The first-order chi connectivity index (χ1) is 7.34. The van der Waals surface area contributed by atoms with Crippen LogP contribution in [0.3, 0.4) is 0 Å². The third-order valence-electron chi connectivity index (χ3n) is 3.77. The molecule has 94 valence electrons. The van der Waals surface area contributed by atoms with Gasteiger partial charge in [-0.3, -0.25) is 4.79 Å². The van der Waals surface area contributed by atoms with Gasteiger partial charge in [0.1, 0.15) is 0 Å². The summed E-state index contributed by atoms with van der Waals surface area (Å²) in [7, 11) is 3.62. The van der Waals surface area contributed by atoms with Crippen LogP contribution >= 0.6 is 0 Å². The average Bonchev–Trinajstić information content (AvgIpc) is 2.19. The van der Waals surface area contributed by atoms with Gasteiger partial charge in [-0.15, -0.1) is 0 Å². The summed E-state index contributed by atoms with van der Waals surface area (Å²) in [6.07, 6.45) is 5.05. The van der Waals surface area contributed by atoms with Crippen molar-refractivity contribution < 1.29 is 4.79 Å². The highest BCUT2D eigenvalue weighted by atomic mass is 16.2. The van der Waals surface area contributed by atoms with Crippen molar-refractivity contribution in [3.8, 4) is 0 Å². The molecule has 16 heavy (non-hydrogen) atoms. The van der Waals surface area contributed by atoms with E-state index >= 15 is 0 Å². The van der Waals surface area contributed by atoms with E-state index < -0.39 is 0 Å². The van der Waals surface area contributed by atoms with E-state index in [0.29, 0.717) is 11.5 Å². The van der Waals surface area contributed by atoms with Crippen molar-refractivity contribution in [1.82, 2.24) is 10.2 Å². The second-order valence-corrected chi connectivity index (χ2v) is 5.91. The Hall–Kier alpha value is -0.570. The Kier molecular flexibility index (Phi) is 4.36. The van der Waals surface area contributed by atoms with Crippen molar-refractivity contribution >= 4 is 5.91 Å². The van der Waals surface area contributed by atoms with Gasteiger partial charge in [0.05, 0.1) is 6.04 Å². The minimum absolute atomic E-state index is 0.0719. The second kappa shape index (κ2) is 5.17. The van der Waals surface area contributed by atoms with E-state index in [2.05, 4.69) is 19.2 Å². The van der Waals surface area contributed by atoms with Crippen LogP contribution in [0.25, 0.3) is 0 Å². The Morgan fingerprint density at radius 2 is 2.00 bits per heavy atom. The monoisotopic (exact) mass is 226 g/mol. The zero-order valence-corrected chi connectivity index (χ0v) is 11.3. The standard InChI is InChI=1S/C13H26N2O/c1-10(12(16)15(4)5)14-11-8-6-7-9-13(11,2)3/h10-11,14H,6-9H2,1-5H3. The van der Waals surface area contributed by atoms with Crippen molar-refractivity contribution in [3.05, 3.63) is 0 Å². The van der Waals surface area contributed by atoms with Crippen LogP contribution < -0.4 is 5.32 Å². The summed E-state index contributed by atoms with van der Waals surface area (Å²) in [4.78, 5) is 13.5. The molecule has 2 unspecified atom stereocenters. The SMILES string of the molecule is CC(NC1CCCCC1(C)C)C(=O)N(C)C. The number of amides is 1. The largest absolute Gasteiger partial charge is 0.347 e. The third-order valence-corrected chi connectivity index (χ3v) is 3.77. The Labute approximate surface area is 99.6 Å². The highest BCUT2D eigenvalue weighted by Crippen LogP contribution is 2.35. The maximum Gasteiger partial charge on any atom is 0.238 e. The zero-order chi connectivity index (χ0) is 12.3. The van der Waals surface area contributed by atoms with Gasteiger partial charge in [0.2, 0.25) is 5.91 Å². The molecule has 0 aliphatic heterocycles. The van der Waals surface area contributed by atoms with E-state index in [1.165, 1.54) is 25.7 Å². The highest BCUT2D eigenvalue weighted by molar-refractivity contribution is 5.80. The van der Waals surface area contributed by atoms with Gasteiger partial charge < -0.3 is 10.2 Å². The van der Waals surface area contributed by atoms with Crippen molar-refractivity contribution in [3.63, 3.8) is 0 Å². The number of carbonyl (C=O) groups is 1. The Morgan fingerprint density at radius 1 is 1.38 bits per heavy atom. The first-order valence-electron chi connectivity index (χ1n) is 6.32. The lowest BCUT2D eigenvalue weighted by molar-refractivity contribution is -0.131. The van der Waals surface area contributed by atoms with Crippen LogP contribution in [0, 0.1) is 5.41 Å². The fourth-order valence-corrected chi connectivity index (χ4v) is 2.56. The summed E-state index contributed by atoms with van der Waals surface area (Å²) in [6, 6.07) is 0.400. The molecule has 1 aliphatic carbocycles. The topological polar surface area (TPSA) is 32.3 Å². The van der Waals surface area contributed by atoms with Crippen molar-refractivity contribution in [1.29, 1.82) is 0 Å². The molecule has 1 aliphatic rings. The number of likely N-dealkylation sites (N-methyl/N-ethyl adjacent to an activating group) is 1. The minimum atomic E-state index is -0.0719. The fraction of sp³-hybridized carbons (Fsp3) is 0.923. The van der Waals surface area contributed by atoms with Crippen LogP contribution in [0.2, 0.25) is 0 Å². The van der Waals surface area contributed by atoms with Gasteiger partial charge in [-0.05, 0) is 25.2 Å². The molecule has 1 saturated carbocycles. The molecule has 0 radical (unpaired) electrons. The van der Waals surface area contributed by atoms with Crippen LogP contribution in [0.1, 0.15) is 46.5 Å². The van der Waals surface area contributed by atoms with Crippen LogP contribution in [-0.4, -0.2) is 37.0 Å². The highest BCUT2D eigenvalue weighted by Gasteiger charge is 2.33. The molecule has 0 aromatic heterocycles. The van der Waals surface area contributed by atoms with E-state index in [1.54, 1.807) is 4.90 Å². The first kappa shape index (κ1) is 13.5. The first-order valence-corrected chi connectivity index (χ1v) is 6.32. The van der Waals surface area contributed by atoms with Crippen LogP contribution in [0.4, 0.5) is 0 Å². The molecule has 0 spiro atoms. The van der Waals surface area contributed by atoms with Gasteiger partial charge >= 0.3 is 0 Å². The zero-order valence-electron chi connectivity index (χ0n) is 11.3. The predicted molar refractivity (Wildman–Crippen MR) is 67.3 cm³/mol. The maximum atomic E-state index is 11.8. The van der Waals surface area contributed by atoms with Crippen molar-refractivity contribution in [2.45, 2.75) is 58.5 Å². The summed E-state index contributed by atoms with van der Waals surface area (Å²) >= 11 is 0. The summed E-state index contributed by atoms with van der Waals surface area (Å²) in [5.74, 6) is 0.168. The summed E-state index contributed by atoms with van der Waals surface area (Å²) < 4.78 is 0. The van der Waals surface area contributed by atoms with Crippen molar-refractivity contribution in [2.24, 2.45) is 5.41 Å². The number of hydrogen-bond acceptors (Lipinski definition) is 2. The molecule has 1 rings (SSSR count). The van der Waals surface area contributed by atoms with Crippen LogP contribution in [-0.2, 0) is 4.79 Å². The normalized spacial score (nSPS) is 26.2. The minimum Gasteiger partial charge on any atom is -0.347 e. The van der Waals surface area contributed by atoms with E-state index in [9.17, 15) is 4.79 Å². The fourth-order valence-electron chi connectivity index (χ4n) is 2.56. The summed E-state index contributed by atoms with van der Waals surface area (Å²) in [5, 5.41) is 3.50. The van der Waals surface area contributed by atoms with E-state index in [4.69, 9.17) is 0 Å². The summed E-state index contributed by atoms with van der Waals surface area (Å²) in [6.45, 7) is 6.57. The molecule has 0 heterocycles. The predicted octanol–water partition coefficient (Wildman–Crippen LogP) is 2.02. The molecular formula is C13H26N2O. The van der Waals surface area contributed by atoms with Gasteiger partial charge in [0, 0.05) is 20.1 Å². The van der Waals surface area contributed by atoms with E-state index in [0.717, 1.165) is 0 Å². The van der Waals surface area contributed by atoms with Gasteiger partial charge in [-0.2, -0.15) is 0 Å². The number of nitrogens with one attached hydrogen (secondary N) is 1. The molecule has 0 saturated heterocycles. The molecule has 1 N–H and O–H groups in total. The lowest BCUT2D eigenvalue weighted by atomic mass is 9.73. The van der Waals surface area contributed by atoms with Gasteiger partial charge in [-0.1, -0.05) is 26.7 Å². The Bertz CT molecular complexity index is 248.